The lowest BCUT2D eigenvalue weighted by atomic mass is 9.87. The highest BCUT2D eigenvalue weighted by Gasteiger charge is 2.48. The Kier molecular flexibility index (Phi) is 4.92. The van der Waals surface area contributed by atoms with Crippen molar-refractivity contribution in [2.75, 3.05) is 0 Å². The lowest BCUT2D eigenvalue weighted by Crippen LogP contribution is -2.30. The number of cyclic esters (lactones) is 1. The van der Waals surface area contributed by atoms with Crippen LogP contribution < -0.4 is 0 Å². The smallest absolute Gasteiger partial charge is 0.342 e. The minimum Gasteiger partial charge on any atom is -0.421 e. The minimum atomic E-state index is -1.84. The Bertz CT molecular complexity index is 1390. The number of hydrogen-bond donors (Lipinski definition) is 1. The van der Waals surface area contributed by atoms with E-state index in [1.165, 1.54) is 0 Å². The average molecular weight is 443 g/mol. The number of nitrogens with zero attached hydrogens (tertiary/aromatic N) is 2. The summed E-state index contributed by atoms with van der Waals surface area (Å²) in [5.74, 6) is -2.39. The third-order valence-electron chi connectivity index (χ3n) is 6.10. The first-order valence-corrected chi connectivity index (χ1v) is 11.1. The molecule has 32 heavy (non-hydrogen) atoms. The van der Waals surface area contributed by atoms with Crippen LogP contribution in [-0.2, 0) is 21.7 Å². The second-order valence-corrected chi connectivity index (χ2v) is 8.84. The van der Waals surface area contributed by atoms with E-state index in [1.807, 2.05) is 81.4 Å². The molecule has 2 heterocycles. The zero-order valence-electron chi connectivity index (χ0n) is 18.0. The molecule has 1 N–H and O–H groups in total. The zero-order valence-corrected chi connectivity index (χ0v) is 18.9. The van der Waals surface area contributed by atoms with E-state index in [0.717, 1.165) is 39.5 Å². The molecule has 0 saturated heterocycles. The third kappa shape index (κ3) is 3.42. The highest BCUT2D eigenvalue weighted by Crippen LogP contribution is 2.45. The molecule has 0 spiro atoms. The number of carbonyl (C=O) groups is 1. The van der Waals surface area contributed by atoms with Crippen molar-refractivity contribution in [3.05, 3.63) is 99.6 Å². The molecule has 6 heteroatoms. The summed E-state index contributed by atoms with van der Waals surface area (Å²) < 4.78 is 14.3. The molecule has 0 aliphatic carbocycles. The largest absolute Gasteiger partial charge is 0.421 e. The lowest BCUT2D eigenvalue weighted by molar-refractivity contribution is -0.185. The molecule has 1 aliphatic rings. The van der Waals surface area contributed by atoms with Crippen LogP contribution in [0.2, 0.25) is 0 Å². The summed E-state index contributed by atoms with van der Waals surface area (Å²) in [5, 5.41) is 11.8. The number of fused-ring (bicyclic) bond motifs is 1. The van der Waals surface area contributed by atoms with Gasteiger partial charge in [0.25, 0.3) is 5.79 Å². The Morgan fingerprint density at radius 3 is 2.41 bits per heavy atom. The van der Waals surface area contributed by atoms with E-state index in [9.17, 15) is 9.90 Å². The molecule has 1 atom stereocenters. The Balaban J connectivity index is 1.71. The topological polar surface area (TPSA) is 72.3 Å². The highest BCUT2D eigenvalue weighted by molar-refractivity contribution is 7.00. The van der Waals surface area contributed by atoms with Gasteiger partial charge in [-0.25, -0.2) is 4.79 Å². The first-order chi connectivity index (χ1) is 15.3. The Labute approximate surface area is 190 Å². The van der Waals surface area contributed by atoms with Gasteiger partial charge in [0.05, 0.1) is 17.3 Å². The van der Waals surface area contributed by atoms with E-state index in [-0.39, 0.29) is 0 Å². The Morgan fingerprint density at radius 1 is 0.906 bits per heavy atom. The van der Waals surface area contributed by atoms with Gasteiger partial charge in [-0.3, -0.25) is 0 Å². The van der Waals surface area contributed by atoms with Crippen molar-refractivity contribution in [1.29, 1.82) is 0 Å². The van der Waals surface area contributed by atoms with E-state index >= 15 is 0 Å². The second kappa shape index (κ2) is 7.65. The van der Waals surface area contributed by atoms with Crippen molar-refractivity contribution in [2.45, 2.75) is 33.0 Å². The van der Waals surface area contributed by atoms with Crippen LogP contribution >= 0.6 is 11.7 Å². The zero-order chi connectivity index (χ0) is 22.5. The second-order valence-electron chi connectivity index (χ2n) is 8.32. The van der Waals surface area contributed by atoms with Gasteiger partial charge in [-0.05, 0) is 61.2 Å². The molecule has 0 amide bonds. The molecule has 160 valence electrons. The van der Waals surface area contributed by atoms with Gasteiger partial charge in [-0.1, -0.05) is 48.0 Å². The Hall–Kier alpha value is -3.35. The first-order valence-electron chi connectivity index (χ1n) is 10.4. The predicted molar refractivity (Wildman–Crippen MR) is 125 cm³/mol. The van der Waals surface area contributed by atoms with Crippen LogP contribution in [0.5, 0.6) is 0 Å². The van der Waals surface area contributed by atoms with Crippen LogP contribution in [-0.4, -0.2) is 19.8 Å². The van der Waals surface area contributed by atoms with E-state index in [1.54, 1.807) is 0 Å². The molecule has 5 nitrogen and oxygen atoms in total. The number of aliphatic hydroxyl groups is 1. The minimum absolute atomic E-state index is 0.373. The fourth-order valence-electron chi connectivity index (χ4n) is 4.07. The summed E-state index contributed by atoms with van der Waals surface area (Å²) in [6, 6.07) is 19.2. The monoisotopic (exact) mass is 442 g/mol. The van der Waals surface area contributed by atoms with Gasteiger partial charge in [-0.15, -0.1) is 0 Å². The number of hydrogen-bond acceptors (Lipinski definition) is 6. The third-order valence-corrected chi connectivity index (χ3v) is 6.65. The summed E-state index contributed by atoms with van der Waals surface area (Å²) in [6.07, 6.45) is 0.373. The number of benzene rings is 3. The predicted octanol–water partition coefficient (Wildman–Crippen LogP) is 5.01. The van der Waals surface area contributed by atoms with Gasteiger partial charge < -0.3 is 9.84 Å². The van der Waals surface area contributed by atoms with Crippen molar-refractivity contribution in [1.82, 2.24) is 8.75 Å². The summed E-state index contributed by atoms with van der Waals surface area (Å²) in [5.41, 5.74) is 7.85. The highest BCUT2D eigenvalue weighted by atomic mass is 32.1. The number of rotatable bonds is 4. The summed E-state index contributed by atoms with van der Waals surface area (Å²) in [6.45, 7) is 6.01. The van der Waals surface area contributed by atoms with Crippen molar-refractivity contribution in [3.63, 3.8) is 0 Å². The fourth-order valence-corrected chi connectivity index (χ4v) is 4.59. The van der Waals surface area contributed by atoms with Gasteiger partial charge in [-0.2, -0.15) is 8.75 Å². The van der Waals surface area contributed by atoms with Crippen molar-refractivity contribution in [2.24, 2.45) is 0 Å². The van der Waals surface area contributed by atoms with Crippen molar-refractivity contribution < 1.29 is 14.6 Å². The fraction of sp³-hybridized carbons (Fsp3) is 0.192. The number of aryl methyl sites for hydroxylation is 3. The summed E-state index contributed by atoms with van der Waals surface area (Å²) in [7, 11) is 0. The lowest BCUT2D eigenvalue weighted by Gasteiger charge is -2.26. The maximum Gasteiger partial charge on any atom is 0.342 e. The molecule has 0 radical (unpaired) electrons. The molecule has 1 unspecified atom stereocenters. The van der Waals surface area contributed by atoms with E-state index in [4.69, 9.17) is 4.74 Å². The van der Waals surface area contributed by atoms with Gasteiger partial charge in [0.2, 0.25) is 0 Å². The Morgan fingerprint density at radius 2 is 1.66 bits per heavy atom. The van der Waals surface area contributed by atoms with Crippen LogP contribution in [0, 0.1) is 20.8 Å². The molecule has 3 aromatic carbocycles. The van der Waals surface area contributed by atoms with Crippen LogP contribution in [0.3, 0.4) is 0 Å². The molecule has 0 saturated carbocycles. The van der Waals surface area contributed by atoms with Crippen LogP contribution in [0.1, 0.15) is 33.4 Å². The number of ether oxygens (including phenoxy) is 1. The summed E-state index contributed by atoms with van der Waals surface area (Å²) >= 11 is 1.13. The van der Waals surface area contributed by atoms with E-state index in [2.05, 4.69) is 8.75 Å². The quantitative estimate of drug-likeness (QED) is 0.450. The number of esters is 1. The SMILES string of the molecule is Cc1ccc(CC2=C(c3ccc4nsnc4c3)C(=O)OC2(O)c2ccc(C)c(C)c2)cc1. The number of aromatic nitrogens is 2. The molecular formula is C26H22N2O3S. The molecule has 4 aromatic rings. The summed E-state index contributed by atoms with van der Waals surface area (Å²) in [4.78, 5) is 13.2. The van der Waals surface area contributed by atoms with Gasteiger partial charge in [0.1, 0.15) is 11.0 Å². The van der Waals surface area contributed by atoms with Crippen molar-refractivity contribution >= 4 is 34.3 Å². The first kappa shape index (κ1) is 20.5. The average Bonchev–Trinajstić information content (AvgIpc) is 3.33. The van der Waals surface area contributed by atoms with E-state index < -0.39 is 11.8 Å². The van der Waals surface area contributed by atoms with E-state index in [0.29, 0.717) is 34.2 Å². The van der Waals surface area contributed by atoms with Crippen molar-refractivity contribution in [3.8, 4) is 0 Å². The number of carbonyl (C=O) groups excluding carboxylic acids is 1. The van der Waals surface area contributed by atoms with Gasteiger partial charge >= 0.3 is 5.97 Å². The molecular weight excluding hydrogens is 420 g/mol. The van der Waals surface area contributed by atoms with Gasteiger partial charge in [0, 0.05) is 17.6 Å². The normalized spacial score (nSPS) is 18.4. The molecule has 0 bridgehead atoms. The molecule has 1 aliphatic heterocycles. The maximum atomic E-state index is 13.2. The van der Waals surface area contributed by atoms with Gasteiger partial charge in [0.15, 0.2) is 0 Å². The van der Waals surface area contributed by atoms with Crippen LogP contribution in [0.25, 0.3) is 16.6 Å². The molecule has 1 aromatic heterocycles. The maximum absolute atomic E-state index is 13.2. The molecule has 0 fully saturated rings. The standard InChI is InChI=1S/C26H22N2O3S/c1-15-4-7-18(8-5-15)13-21-24(19-9-11-22-23(14-19)28-32-27-22)25(29)31-26(21,30)20-10-6-16(2)17(3)12-20/h4-12,14,30H,13H2,1-3H3. The molecule has 5 rings (SSSR count). The van der Waals surface area contributed by atoms with Crippen LogP contribution in [0.4, 0.5) is 0 Å². The van der Waals surface area contributed by atoms with Crippen LogP contribution in [0.15, 0.2) is 66.2 Å².